The fraction of sp³-hybridized carbons (Fsp3) is 0.0385. The van der Waals surface area contributed by atoms with Crippen LogP contribution in [0.1, 0.15) is 21.5 Å². The van der Waals surface area contributed by atoms with Crippen molar-refractivity contribution in [1.82, 2.24) is 9.88 Å². The van der Waals surface area contributed by atoms with Crippen molar-refractivity contribution >= 4 is 28.7 Å². The Balaban J connectivity index is 1.70. The highest BCUT2D eigenvalue weighted by molar-refractivity contribution is 6.14. The number of hydrogen-bond donors (Lipinski definition) is 0. The second-order valence-electron chi connectivity index (χ2n) is 6.86. The third kappa shape index (κ3) is 4.33. The average molecular weight is 392 g/mol. The minimum Gasteiger partial charge on any atom is -0.270 e. The van der Waals surface area contributed by atoms with Crippen molar-refractivity contribution in [2.24, 2.45) is 0 Å². The van der Waals surface area contributed by atoms with Gasteiger partial charge in [-0.3, -0.25) is 19.5 Å². The number of pyridine rings is 1. The molecule has 30 heavy (non-hydrogen) atoms. The molecule has 1 heterocycles. The maximum atomic E-state index is 13.5. The van der Waals surface area contributed by atoms with Crippen molar-refractivity contribution in [2.75, 3.05) is 0 Å². The van der Waals surface area contributed by atoms with Crippen LogP contribution in [0.3, 0.4) is 0 Å². The summed E-state index contributed by atoms with van der Waals surface area (Å²) in [6.07, 6.45) is 6.53. The van der Waals surface area contributed by atoms with Crippen LogP contribution in [0, 0.1) is 0 Å². The third-order valence-corrected chi connectivity index (χ3v) is 4.82. The summed E-state index contributed by atoms with van der Waals surface area (Å²) in [5, 5.41) is 1.63. The fourth-order valence-corrected chi connectivity index (χ4v) is 3.29. The Morgan fingerprint density at radius 2 is 1.57 bits per heavy atom. The quantitative estimate of drug-likeness (QED) is 0.443. The van der Waals surface area contributed by atoms with E-state index in [2.05, 4.69) is 4.98 Å². The number of fused-ring (bicyclic) bond motifs is 1. The highest BCUT2D eigenvalue weighted by atomic mass is 16.2. The number of nitrogens with zero attached hydrogens (tertiary/aromatic N) is 2. The van der Waals surface area contributed by atoms with Gasteiger partial charge in [-0.25, -0.2) is 0 Å². The summed E-state index contributed by atoms with van der Waals surface area (Å²) in [5.41, 5.74) is 2.26. The van der Waals surface area contributed by atoms with Crippen molar-refractivity contribution in [3.63, 3.8) is 0 Å². The second kappa shape index (κ2) is 8.97. The minimum atomic E-state index is -0.362. The number of aromatic nitrogens is 1. The van der Waals surface area contributed by atoms with Gasteiger partial charge < -0.3 is 0 Å². The van der Waals surface area contributed by atoms with Crippen molar-refractivity contribution in [3.8, 4) is 0 Å². The van der Waals surface area contributed by atoms with E-state index >= 15 is 0 Å². The molecule has 0 N–H and O–H groups in total. The lowest BCUT2D eigenvalue weighted by Crippen LogP contribution is -2.35. The van der Waals surface area contributed by atoms with Crippen LogP contribution in [0.4, 0.5) is 0 Å². The molecule has 4 heteroatoms. The Labute approximate surface area is 175 Å². The number of rotatable bonds is 5. The molecule has 0 fully saturated rings. The van der Waals surface area contributed by atoms with Crippen LogP contribution in [0.15, 0.2) is 103 Å². The van der Waals surface area contributed by atoms with Gasteiger partial charge in [-0.05, 0) is 34.7 Å². The van der Waals surface area contributed by atoms with Gasteiger partial charge in [-0.1, -0.05) is 72.8 Å². The van der Waals surface area contributed by atoms with Gasteiger partial charge in [0.2, 0.25) is 0 Å². The zero-order valence-electron chi connectivity index (χ0n) is 16.3. The van der Waals surface area contributed by atoms with Crippen LogP contribution >= 0.6 is 0 Å². The molecule has 0 saturated carbocycles. The van der Waals surface area contributed by atoms with E-state index in [4.69, 9.17) is 0 Å². The Morgan fingerprint density at radius 1 is 0.833 bits per heavy atom. The molecule has 0 aliphatic heterocycles. The minimum absolute atomic E-state index is 0.194. The van der Waals surface area contributed by atoms with Crippen LogP contribution in [-0.2, 0) is 11.3 Å². The molecule has 4 rings (SSSR count). The highest BCUT2D eigenvalue weighted by Gasteiger charge is 2.23. The Kier molecular flexibility index (Phi) is 5.76. The first-order valence-electron chi connectivity index (χ1n) is 9.68. The normalized spacial score (nSPS) is 10.9. The SMILES string of the molecule is O=C(/C=C/c1ccccc1)N(Cc1ccccc1)C(=O)c1cccc2cnccc12. The largest absolute Gasteiger partial charge is 0.270 e. The van der Waals surface area contributed by atoms with E-state index in [-0.39, 0.29) is 18.4 Å². The molecule has 4 aromatic rings. The maximum absolute atomic E-state index is 13.5. The molecule has 0 bridgehead atoms. The monoisotopic (exact) mass is 392 g/mol. The average Bonchev–Trinajstić information content (AvgIpc) is 2.81. The van der Waals surface area contributed by atoms with Gasteiger partial charge in [0.15, 0.2) is 0 Å². The molecule has 1 aromatic heterocycles. The van der Waals surface area contributed by atoms with E-state index in [1.165, 1.54) is 11.0 Å². The number of carbonyl (C=O) groups excluding carboxylic acids is 2. The van der Waals surface area contributed by atoms with Crippen molar-refractivity contribution in [2.45, 2.75) is 6.54 Å². The number of carbonyl (C=O) groups is 2. The highest BCUT2D eigenvalue weighted by Crippen LogP contribution is 2.21. The van der Waals surface area contributed by atoms with Gasteiger partial charge in [0.25, 0.3) is 11.8 Å². The molecule has 0 unspecified atom stereocenters. The Hall–Kier alpha value is -4.05. The Morgan fingerprint density at radius 3 is 2.33 bits per heavy atom. The van der Waals surface area contributed by atoms with E-state index in [1.807, 2.05) is 72.8 Å². The summed E-state index contributed by atoms with van der Waals surface area (Å²) in [5.74, 6) is -0.697. The fourth-order valence-electron chi connectivity index (χ4n) is 3.29. The molecule has 0 atom stereocenters. The first-order chi connectivity index (χ1) is 14.7. The van der Waals surface area contributed by atoms with Gasteiger partial charge in [0.05, 0.1) is 6.54 Å². The summed E-state index contributed by atoms with van der Waals surface area (Å²) in [6.45, 7) is 0.194. The van der Waals surface area contributed by atoms with E-state index in [1.54, 1.807) is 30.6 Å². The van der Waals surface area contributed by atoms with Gasteiger partial charge in [-0.15, -0.1) is 0 Å². The molecule has 0 saturated heterocycles. The molecular weight excluding hydrogens is 372 g/mol. The summed E-state index contributed by atoms with van der Waals surface area (Å²) in [4.78, 5) is 31.9. The molecule has 0 radical (unpaired) electrons. The standard InChI is InChI=1S/C26H20N2O2/c29-25(15-14-20-8-3-1-4-9-20)28(19-21-10-5-2-6-11-21)26(30)24-13-7-12-22-18-27-17-16-23(22)24/h1-18H,19H2/b15-14+. The van der Waals surface area contributed by atoms with Crippen LogP contribution < -0.4 is 0 Å². The lowest BCUT2D eigenvalue weighted by Gasteiger charge is -2.20. The molecule has 0 aliphatic carbocycles. The molecule has 3 aromatic carbocycles. The van der Waals surface area contributed by atoms with Gasteiger partial charge >= 0.3 is 0 Å². The molecule has 2 amide bonds. The number of imide groups is 1. The number of benzene rings is 3. The number of amides is 2. The zero-order valence-corrected chi connectivity index (χ0v) is 16.3. The van der Waals surface area contributed by atoms with Crippen LogP contribution in [0.2, 0.25) is 0 Å². The van der Waals surface area contributed by atoms with Crippen LogP contribution in [-0.4, -0.2) is 21.7 Å². The van der Waals surface area contributed by atoms with Crippen LogP contribution in [0.5, 0.6) is 0 Å². The lowest BCUT2D eigenvalue weighted by atomic mass is 10.0. The predicted octanol–water partition coefficient (Wildman–Crippen LogP) is 5.12. The van der Waals surface area contributed by atoms with Gasteiger partial charge in [0, 0.05) is 29.4 Å². The van der Waals surface area contributed by atoms with Crippen LogP contribution in [0.25, 0.3) is 16.8 Å². The van der Waals surface area contributed by atoms with Crippen molar-refractivity contribution in [3.05, 3.63) is 120 Å². The van der Waals surface area contributed by atoms with E-state index in [9.17, 15) is 9.59 Å². The third-order valence-electron chi connectivity index (χ3n) is 4.82. The molecule has 0 spiro atoms. The number of hydrogen-bond acceptors (Lipinski definition) is 3. The summed E-state index contributed by atoms with van der Waals surface area (Å²) in [7, 11) is 0. The van der Waals surface area contributed by atoms with Gasteiger partial charge in [0.1, 0.15) is 0 Å². The van der Waals surface area contributed by atoms with E-state index in [0.29, 0.717) is 5.56 Å². The topological polar surface area (TPSA) is 50.3 Å². The van der Waals surface area contributed by atoms with Crippen molar-refractivity contribution in [1.29, 1.82) is 0 Å². The second-order valence-corrected chi connectivity index (χ2v) is 6.86. The molecule has 0 aliphatic rings. The molecule has 4 nitrogen and oxygen atoms in total. The predicted molar refractivity (Wildman–Crippen MR) is 119 cm³/mol. The van der Waals surface area contributed by atoms with Gasteiger partial charge in [-0.2, -0.15) is 0 Å². The molecule has 146 valence electrons. The summed E-state index contributed by atoms with van der Waals surface area (Å²) >= 11 is 0. The summed E-state index contributed by atoms with van der Waals surface area (Å²) < 4.78 is 0. The van der Waals surface area contributed by atoms with Crippen molar-refractivity contribution < 1.29 is 9.59 Å². The van der Waals surface area contributed by atoms with E-state index < -0.39 is 0 Å². The smallest absolute Gasteiger partial charge is 0.261 e. The summed E-state index contributed by atoms with van der Waals surface area (Å²) in [6, 6.07) is 26.3. The zero-order chi connectivity index (χ0) is 20.8. The Bertz CT molecular complexity index is 1200. The maximum Gasteiger partial charge on any atom is 0.261 e. The first kappa shape index (κ1) is 19.3. The molecular formula is C26H20N2O2. The lowest BCUT2D eigenvalue weighted by molar-refractivity contribution is -0.124. The van der Waals surface area contributed by atoms with E-state index in [0.717, 1.165) is 21.9 Å². The first-order valence-corrected chi connectivity index (χ1v) is 9.68.